The minimum Gasteiger partial charge on any atom is -0.368 e. The third-order valence-electron chi connectivity index (χ3n) is 2.72. The van der Waals surface area contributed by atoms with Crippen LogP contribution < -0.4 is 11.1 Å². The van der Waals surface area contributed by atoms with Crippen LogP contribution in [0.25, 0.3) is 5.95 Å². The van der Waals surface area contributed by atoms with Gasteiger partial charge in [0.05, 0.1) is 10.7 Å². The molecule has 0 bridgehead atoms. The van der Waals surface area contributed by atoms with Crippen LogP contribution in [-0.2, 0) is 0 Å². The van der Waals surface area contributed by atoms with Gasteiger partial charge in [-0.1, -0.05) is 17.7 Å². The smallest absolute Gasteiger partial charge is 0.257 e. The molecule has 0 aliphatic carbocycles. The number of hydrogen-bond donors (Lipinski definition) is 2. The van der Waals surface area contributed by atoms with Crippen molar-refractivity contribution < 1.29 is 0 Å². The summed E-state index contributed by atoms with van der Waals surface area (Å²) >= 11 is 6.14. The van der Waals surface area contributed by atoms with Crippen molar-refractivity contribution in [3.63, 3.8) is 0 Å². The molecule has 0 aliphatic rings. The van der Waals surface area contributed by atoms with Gasteiger partial charge in [0.2, 0.25) is 11.9 Å². The SMILES string of the molecule is Cc1ccc(Cl)c(Nc2nc(N)nc(-n3cccn3)n2)c1. The van der Waals surface area contributed by atoms with Crippen molar-refractivity contribution in [2.24, 2.45) is 0 Å². The zero-order chi connectivity index (χ0) is 14.8. The first-order valence-corrected chi connectivity index (χ1v) is 6.54. The minimum absolute atomic E-state index is 0.0989. The Morgan fingerprint density at radius 1 is 1.24 bits per heavy atom. The summed E-state index contributed by atoms with van der Waals surface area (Å²) in [5, 5.41) is 7.67. The van der Waals surface area contributed by atoms with E-state index in [0.717, 1.165) is 5.56 Å². The van der Waals surface area contributed by atoms with E-state index in [4.69, 9.17) is 17.3 Å². The first-order valence-electron chi connectivity index (χ1n) is 6.16. The molecule has 0 saturated heterocycles. The van der Waals surface area contributed by atoms with Gasteiger partial charge in [0.25, 0.3) is 5.95 Å². The maximum absolute atomic E-state index is 6.14. The van der Waals surface area contributed by atoms with Crippen LogP contribution in [0.5, 0.6) is 0 Å². The Hall–Kier alpha value is -2.67. The Balaban J connectivity index is 1.97. The number of aryl methyl sites for hydroxylation is 1. The van der Waals surface area contributed by atoms with Crippen molar-refractivity contribution in [1.29, 1.82) is 0 Å². The van der Waals surface area contributed by atoms with Crippen LogP contribution in [0.3, 0.4) is 0 Å². The number of anilines is 3. The Bertz CT molecular complexity index is 770. The summed E-state index contributed by atoms with van der Waals surface area (Å²) in [5.74, 6) is 0.737. The first-order chi connectivity index (χ1) is 10.1. The number of halogens is 1. The number of nitrogen functional groups attached to an aromatic ring is 1. The molecule has 1 aromatic carbocycles. The van der Waals surface area contributed by atoms with Gasteiger partial charge in [-0.05, 0) is 30.7 Å². The van der Waals surface area contributed by atoms with E-state index in [0.29, 0.717) is 22.6 Å². The molecule has 0 aliphatic heterocycles. The molecule has 0 amide bonds. The summed E-state index contributed by atoms with van der Waals surface area (Å²) < 4.78 is 1.50. The minimum atomic E-state index is 0.0989. The highest BCUT2D eigenvalue weighted by Gasteiger charge is 2.08. The van der Waals surface area contributed by atoms with Gasteiger partial charge in [-0.25, -0.2) is 4.68 Å². The summed E-state index contributed by atoms with van der Waals surface area (Å²) in [6.45, 7) is 1.97. The van der Waals surface area contributed by atoms with Crippen molar-refractivity contribution in [3.05, 3.63) is 47.2 Å². The number of benzene rings is 1. The van der Waals surface area contributed by atoms with E-state index in [-0.39, 0.29) is 5.95 Å². The normalized spacial score (nSPS) is 10.6. The van der Waals surface area contributed by atoms with Crippen LogP contribution in [0.2, 0.25) is 5.02 Å². The third-order valence-corrected chi connectivity index (χ3v) is 3.05. The maximum Gasteiger partial charge on any atom is 0.257 e. The fourth-order valence-electron chi connectivity index (χ4n) is 1.78. The Morgan fingerprint density at radius 3 is 2.86 bits per heavy atom. The second-order valence-electron chi connectivity index (χ2n) is 4.38. The topological polar surface area (TPSA) is 94.5 Å². The van der Waals surface area contributed by atoms with Crippen LogP contribution in [0, 0.1) is 6.92 Å². The summed E-state index contributed by atoms with van der Waals surface area (Å²) in [6.07, 6.45) is 3.35. The number of aromatic nitrogens is 5. The lowest BCUT2D eigenvalue weighted by Gasteiger charge is -2.09. The highest BCUT2D eigenvalue weighted by Crippen LogP contribution is 2.25. The molecule has 8 heteroatoms. The number of rotatable bonds is 3. The van der Waals surface area contributed by atoms with E-state index >= 15 is 0 Å². The van der Waals surface area contributed by atoms with Crippen LogP contribution >= 0.6 is 11.6 Å². The van der Waals surface area contributed by atoms with Gasteiger partial charge in [-0.15, -0.1) is 0 Å². The molecular weight excluding hydrogens is 290 g/mol. The van der Waals surface area contributed by atoms with Gasteiger partial charge >= 0.3 is 0 Å². The Morgan fingerprint density at radius 2 is 2.10 bits per heavy atom. The van der Waals surface area contributed by atoms with Crippen LogP contribution in [-0.4, -0.2) is 24.7 Å². The standard InChI is InChI=1S/C13H12ClN7/c1-8-3-4-9(14)10(7-8)17-12-18-11(15)19-13(20-12)21-6-2-5-16-21/h2-7H,1H3,(H3,15,17,18,19,20). The van der Waals surface area contributed by atoms with Gasteiger partial charge in [0.15, 0.2) is 0 Å². The zero-order valence-electron chi connectivity index (χ0n) is 11.2. The van der Waals surface area contributed by atoms with Crippen molar-refractivity contribution in [2.45, 2.75) is 6.92 Å². The molecule has 0 saturated carbocycles. The molecule has 2 aromatic heterocycles. The third kappa shape index (κ3) is 2.92. The Kier molecular flexibility index (Phi) is 3.41. The van der Waals surface area contributed by atoms with Gasteiger partial charge in [0.1, 0.15) is 0 Å². The van der Waals surface area contributed by atoms with Crippen LogP contribution in [0.15, 0.2) is 36.7 Å². The van der Waals surface area contributed by atoms with Crippen molar-refractivity contribution in [1.82, 2.24) is 24.7 Å². The van der Waals surface area contributed by atoms with Gasteiger partial charge in [-0.3, -0.25) is 0 Å². The van der Waals surface area contributed by atoms with E-state index in [1.807, 2.05) is 19.1 Å². The fraction of sp³-hybridized carbons (Fsp3) is 0.0769. The molecule has 3 N–H and O–H groups in total. The first kappa shape index (κ1) is 13.3. The van der Waals surface area contributed by atoms with E-state index in [1.165, 1.54) is 4.68 Å². The summed E-state index contributed by atoms with van der Waals surface area (Å²) in [6, 6.07) is 7.39. The average molecular weight is 302 g/mol. The van der Waals surface area contributed by atoms with Crippen LogP contribution in [0.1, 0.15) is 5.56 Å². The second kappa shape index (κ2) is 5.37. The molecule has 0 radical (unpaired) electrons. The molecule has 7 nitrogen and oxygen atoms in total. The summed E-state index contributed by atoms with van der Waals surface area (Å²) in [7, 11) is 0. The van der Waals surface area contributed by atoms with Gasteiger partial charge in [0, 0.05) is 12.4 Å². The lowest BCUT2D eigenvalue weighted by molar-refractivity contribution is 0.801. The number of nitrogens with two attached hydrogens (primary N) is 1. The van der Waals surface area contributed by atoms with Gasteiger partial charge < -0.3 is 11.1 Å². The molecular formula is C13H12ClN7. The molecule has 0 fully saturated rings. The molecule has 21 heavy (non-hydrogen) atoms. The average Bonchev–Trinajstić information content (AvgIpc) is 2.96. The molecule has 3 rings (SSSR count). The van der Waals surface area contributed by atoms with Crippen molar-refractivity contribution in [3.8, 4) is 5.95 Å². The molecule has 0 unspecified atom stereocenters. The lowest BCUT2D eigenvalue weighted by Crippen LogP contribution is -2.09. The second-order valence-corrected chi connectivity index (χ2v) is 4.78. The van der Waals surface area contributed by atoms with Crippen molar-refractivity contribution in [2.75, 3.05) is 11.1 Å². The van der Waals surface area contributed by atoms with E-state index in [9.17, 15) is 0 Å². The monoisotopic (exact) mass is 301 g/mol. The lowest BCUT2D eigenvalue weighted by atomic mass is 10.2. The predicted octanol–water partition coefficient (Wildman–Crippen LogP) is 2.34. The summed E-state index contributed by atoms with van der Waals surface area (Å²) in [5.41, 5.74) is 7.48. The van der Waals surface area contributed by atoms with E-state index in [1.54, 1.807) is 24.5 Å². The zero-order valence-corrected chi connectivity index (χ0v) is 11.9. The quantitative estimate of drug-likeness (QED) is 0.771. The number of hydrogen-bond acceptors (Lipinski definition) is 6. The molecule has 0 spiro atoms. The molecule has 2 heterocycles. The molecule has 106 valence electrons. The van der Waals surface area contributed by atoms with Crippen LogP contribution in [0.4, 0.5) is 17.6 Å². The van der Waals surface area contributed by atoms with Gasteiger partial charge in [-0.2, -0.15) is 20.1 Å². The van der Waals surface area contributed by atoms with E-state index in [2.05, 4.69) is 25.4 Å². The molecule has 0 atom stereocenters. The number of nitrogens with zero attached hydrogens (tertiary/aromatic N) is 5. The van der Waals surface area contributed by atoms with E-state index < -0.39 is 0 Å². The Labute approximate surface area is 125 Å². The largest absolute Gasteiger partial charge is 0.368 e. The molecule has 3 aromatic rings. The highest BCUT2D eigenvalue weighted by molar-refractivity contribution is 6.33. The summed E-state index contributed by atoms with van der Waals surface area (Å²) in [4.78, 5) is 12.4. The maximum atomic E-state index is 6.14. The predicted molar refractivity (Wildman–Crippen MR) is 80.8 cm³/mol. The van der Waals surface area contributed by atoms with Crippen molar-refractivity contribution >= 4 is 29.2 Å². The fourth-order valence-corrected chi connectivity index (χ4v) is 1.95. The highest BCUT2D eigenvalue weighted by atomic mass is 35.5. The number of nitrogens with one attached hydrogen (secondary N) is 1.